The van der Waals surface area contributed by atoms with E-state index in [9.17, 15) is 8.42 Å². The normalized spacial score (nSPS) is 12.1. The Kier molecular flexibility index (Phi) is 6.39. The van der Waals surface area contributed by atoms with Gasteiger partial charge in [0.05, 0.1) is 12.1 Å². The minimum Gasteiger partial charge on any atom is -0.361 e. The first-order valence-corrected chi connectivity index (χ1v) is 10.9. The van der Waals surface area contributed by atoms with Crippen LogP contribution in [0, 0.1) is 6.92 Å². The number of aromatic nitrogens is 1. The maximum absolute atomic E-state index is 11.8. The van der Waals surface area contributed by atoms with Crippen LogP contribution in [-0.2, 0) is 22.2 Å². The van der Waals surface area contributed by atoms with Crippen molar-refractivity contribution < 1.29 is 8.42 Å². The van der Waals surface area contributed by atoms with Gasteiger partial charge in [0.1, 0.15) is 0 Å². The number of rotatable bonds is 8. The van der Waals surface area contributed by atoms with Crippen molar-refractivity contribution in [2.24, 2.45) is 4.99 Å². The zero-order valence-electron chi connectivity index (χ0n) is 15.8. The topological polar surface area (TPSA) is 86.3 Å². The fourth-order valence-corrected chi connectivity index (χ4v) is 3.88. The zero-order chi connectivity index (χ0) is 20.1. The first-order valence-electron chi connectivity index (χ1n) is 8.89. The minimum absolute atomic E-state index is 0.0366. The molecule has 0 fully saturated rings. The highest BCUT2D eigenvalue weighted by Gasteiger charge is 2.11. The van der Waals surface area contributed by atoms with Gasteiger partial charge in [-0.2, -0.15) is 0 Å². The van der Waals surface area contributed by atoms with E-state index < -0.39 is 10.0 Å². The van der Waals surface area contributed by atoms with Crippen LogP contribution < -0.4 is 10.0 Å². The number of fused-ring (bicyclic) bond motifs is 1. The third-order valence-corrected chi connectivity index (χ3v) is 6.33. The van der Waals surface area contributed by atoms with Gasteiger partial charge in [-0.1, -0.05) is 23.7 Å². The third kappa shape index (κ3) is 4.92. The van der Waals surface area contributed by atoms with Crippen molar-refractivity contribution in [3.63, 3.8) is 0 Å². The quantitative estimate of drug-likeness (QED) is 0.383. The Labute approximate surface area is 170 Å². The van der Waals surface area contributed by atoms with E-state index in [0.717, 1.165) is 39.7 Å². The molecule has 1 aromatic heterocycles. The van der Waals surface area contributed by atoms with Gasteiger partial charge in [-0.25, -0.2) is 13.1 Å². The lowest BCUT2D eigenvalue weighted by Crippen LogP contribution is -2.20. The molecule has 0 spiro atoms. The molecule has 0 bridgehead atoms. The number of nitrogens with zero attached hydrogens (tertiary/aromatic N) is 1. The van der Waals surface area contributed by atoms with E-state index >= 15 is 0 Å². The monoisotopic (exact) mass is 418 g/mol. The van der Waals surface area contributed by atoms with Crippen LogP contribution in [-0.4, -0.2) is 33.3 Å². The van der Waals surface area contributed by atoms with E-state index in [2.05, 4.69) is 20.0 Å². The summed E-state index contributed by atoms with van der Waals surface area (Å²) in [5, 5.41) is 4.90. The van der Waals surface area contributed by atoms with Crippen LogP contribution in [0.5, 0.6) is 0 Å². The van der Waals surface area contributed by atoms with Crippen molar-refractivity contribution in [1.82, 2.24) is 9.71 Å². The Morgan fingerprint density at radius 2 is 2.07 bits per heavy atom. The highest BCUT2D eigenvalue weighted by Crippen LogP contribution is 2.23. The smallest absolute Gasteiger partial charge is 0.215 e. The first kappa shape index (κ1) is 20.4. The molecule has 0 aliphatic rings. The number of anilines is 1. The zero-order valence-corrected chi connectivity index (χ0v) is 17.4. The van der Waals surface area contributed by atoms with E-state index in [0.29, 0.717) is 11.6 Å². The van der Waals surface area contributed by atoms with Crippen LogP contribution in [0.15, 0.2) is 47.6 Å². The molecule has 0 radical (unpaired) electrons. The summed E-state index contributed by atoms with van der Waals surface area (Å²) in [6.45, 7) is 2.56. The van der Waals surface area contributed by atoms with E-state index in [4.69, 9.17) is 11.6 Å². The number of sulfonamides is 1. The summed E-state index contributed by atoms with van der Waals surface area (Å²) < 4.78 is 25.9. The molecular formula is C20H23ClN4O2S. The van der Waals surface area contributed by atoms with Crippen LogP contribution in [0.2, 0.25) is 5.02 Å². The number of halogens is 1. The lowest BCUT2D eigenvalue weighted by Gasteiger charge is -2.06. The molecule has 28 heavy (non-hydrogen) atoms. The second kappa shape index (κ2) is 8.77. The molecule has 0 aliphatic heterocycles. The number of aromatic amines is 1. The minimum atomic E-state index is -3.30. The average molecular weight is 419 g/mol. The molecule has 0 unspecified atom stereocenters. The lowest BCUT2D eigenvalue weighted by molar-refractivity contribution is 0.587. The first-order chi connectivity index (χ1) is 13.4. The molecule has 8 heteroatoms. The van der Waals surface area contributed by atoms with Gasteiger partial charge >= 0.3 is 0 Å². The van der Waals surface area contributed by atoms with Gasteiger partial charge in [0.25, 0.3) is 0 Å². The Bertz CT molecular complexity index is 1110. The predicted molar refractivity (Wildman–Crippen MR) is 117 cm³/mol. The van der Waals surface area contributed by atoms with Gasteiger partial charge < -0.3 is 10.3 Å². The average Bonchev–Trinajstić information content (AvgIpc) is 3.07. The second-order valence-corrected chi connectivity index (χ2v) is 8.83. The van der Waals surface area contributed by atoms with Gasteiger partial charge in [0.15, 0.2) is 0 Å². The summed E-state index contributed by atoms with van der Waals surface area (Å²) in [7, 11) is -1.87. The van der Waals surface area contributed by atoms with Crippen molar-refractivity contribution in [2.75, 3.05) is 18.9 Å². The summed E-state index contributed by atoms with van der Waals surface area (Å²) >= 11 is 6.11. The van der Waals surface area contributed by atoms with Crippen molar-refractivity contribution in [3.05, 3.63) is 64.3 Å². The summed E-state index contributed by atoms with van der Waals surface area (Å²) in [6.07, 6.45) is 4.37. The SMILES string of the molecule is CNS(=O)(=O)Cc1ccc2[nH]cc(CCN=CNc3cccc(Cl)c3C)c2c1. The maximum Gasteiger partial charge on any atom is 0.215 e. The summed E-state index contributed by atoms with van der Waals surface area (Å²) in [4.78, 5) is 7.64. The molecule has 3 N–H and O–H groups in total. The predicted octanol–water partition coefficient (Wildman–Crippen LogP) is 3.86. The molecule has 3 rings (SSSR count). The number of hydrogen-bond acceptors (Lipinski definition) is 3. The molecule has 0 aliphatic carbocycles. The lowest BCUT2D eigenvalue weighted by atomic mass is 10.1. The summed E-state index contributed by atoms with van der Waals surface area (Å²) in [6, 6.07) is 11.4. The van der Waals surface area contributed by atoms with E-state index in [1.165, 1.54) is 7.05 Å². The van der Waals surface area contributed by atoms with Gasteiger partial charge in [-0.05, 0) is 61.3 Å². The molecular weight excluding hydrogens is 396 g/mol. The van der Waals surface area contributed by atoms with Crippen molar-refractivity contribution in [1.29, 1.82) is 0 Å². The van der Waals surface area contributed by atoms with Crippen LogP contribution in [0.3, 0.4) is 0 Å². The molecule has 6 nitrogen and oxygen atoms in total. The molecule has 2 aromatic carbocycles. The third-order valence-electron chi connectivity index (χ3n) is 4.59. The standard InChI is InChI=1S/C20H23ClN4O2S/c1-14-18(21)4-3-5-19(14)25-13-23-9-8-16-11-24-20-7-6-15(10-17(16)20)12-28(26,27)22-2/h3-7,10-11,13,22,24H,8-9,12H2,1-2H3,(H,23,25). The highest BCUT2D eigenvalue weighted by molar-refractivity contribution is 7.88. The Balaban J connectivity index is 1.65. The molecule has 148 valence electrons. The van der Waals surface area contributed by atoms with E-state index in [1.54, 1.807) is 6.34 Å². The van der Waals surface area contributed by atoms with Crippen LogP contribution in [0.4, 0.5) is 5.69 Å². The van der Waals surface area contributed by atoms with Gasteiger partial charge in [0.2, 0.25) is 10.0 Å². The number of aliphatic imine (C=N–C) groups is 1. The van der Waals surface area contributed by atoms with Crippen LogP contribution in [0.25, 0.3) is 10.9 Å². The fourth-order valence-electron chi connectivity index (χ4n) is 2.94. The molecule has 0 saturated carbocycles. The fraction of sp³-hybridized carbons (Fsp3) is 0.250. The Hall–Kier alpha value is -2.35. The van der Waals surface area contributed by atoms with Gasteiger partial charge in [-0.3, -0.25) is 4.99 Å². The maximum atomic E-state index is 11.8. The molecule has 0 amide bonds. The van der Waals surface area contributed by atoms with Crippen molar-refractivity contribution in [3.8, 4) is 0 Å². The number of nitrogens with one attached hydrogen (secondary N) is 3. The summed E-state index contributed by atoms with van der Waals surface area (Å²) in [5.41, 5.74) is 4.76. The Morgan fingerprint density at radius 3 is 2.86 bits per heavy atom. The van der Waals surface area contributed by atoms with E-state index in [-0.39, 0.29) is 5.75 Å². The largest absolute Gasteiger partial charge is 0.361 e. The van der Waals surface area contributed by atoms with Crippen molar-refractivity contribution in [2.45, 2.75) is 19.1 Å². The highest BCUT2D eigenvalue weighted by atomic mass is 35.5. The van der Waals surface area contributed by atoms with Gasteiger partial charge in [0, 0.05) is 34.4 Å². The van der Waals surface area contributed by atoms with Crippen molar-refractivity contribution >= 4 is 44.6 Å². The molecule has 0 saturated heterocycles. The summed E-state index contributed by atoms with van der Waals surface area (Å²) in [5.74, 6) is -0.0366. The molecule has 3 aromatic rings. The number of H-pyrrole nitrogens is 1. The van der Waals surface area contributed by atoms with Crippen LogP contribution in [0.1, 0.15) is 16.7 Å². The van der Waals surface area contributed by atoms with E-state index in [1.807, 2.05) is 49.5 Å². The molecule has 0 atom stereocenters. The molecule has 1 heterocycles. The van der Waals surface area contributed by atoms with Crippen LogP contribution >= 0.6 is 11.6 Å². The second-order valence-electron chi connectivity index (χ2n) is 6.50. The number of hydrogen-bond donors (Lipinski definition) is 3. The van der Waals surface area contributed by atoms with Gasteiger partial charge in [-0.15, -0.1) is 0 Å². The Morgan fingerprint density at radius 1 is 1.25 bits per heavy atom. The number of benzene rings is 2.